The van der Waals surface area contributed by atoms with E-state index in [0.29, 0.717) is 15.9 Å². The zero-order valence-electron chi connectivity index (χ0n) is 11.9. The third-order valence-electron chi connectivity index (χ3n) is 3.06. The van der Waals surface area contributed by atoms with Crippen molar-refractivity contribution >= 4 is 34.6 Å². The van der Waals surface area contributed by atoms with Crippen molar-refractivity contribution in [3.8, 4) is 5.75 Å². The molecule has 0 saturated heterocycles. The predicted octanol–water partition coefficient (Wildman–Crippen LogP) is 4.40. The van der Waals surface area contributed by atoms with E-state index in [-0.39, 0.29) is 6.04 Å². The van der Waals surface area contributed by atoms with E-state index >= 15 is 0 Å². The minimum absolute atomic E-state index is 0.108. The molecule has 2 aromatic carbocycles. The highest BCUT2D eigenvalue weighted by atomic mass is 35.5. The van der Waals surface area contributed by atoms with Crippen molar-refractivity contribution in [2.24, 2.45) is 0 Å². The van der Waals surface area contributed by atoms with Crippen LogP contribution in [0.15, 0.2) is 48.5 Å². The van der Waals surface area contributed by atoms with Crippen LogP contribution >= 0.6 is 23.8 Å². The minimum Gasteiger partial charge on any atom is -0.495 e. The molecule has 0 radical (unpaired) electrons. The zero-order chi connectivity index (χ0) is 15.2. The summed E-state index contributed by atoms with van der Waals surface area (Å²) in [6.45, 7) is 2.05. The number of ether oxygens (including phenoxy) is 1. The molecule has 2 rings (SSSR count). The van der Waals surface area contributed by atoms with Gasteiger partial charge in [-0.1, -0.05) is 41.9 Å². The van der Waals surface area contributed by atoms with Crippen LogP contribution < -0.4 is 15.4 Å². The van der Waals surface area contributed by atoms with Crippen LogP contribution in [0.1, 0.15) is 18.5 Å². The molecule has 1 atom stereocenters. The van der Waals surface area contributed by atoms with Gasteiger partial charge in [0.1, 0.15) is 5.75 Å². The maximum atomic E-state index is 6.00. The van der Waals surface area contributed by atoms with Crippen LogP contribution in [0, 0.1) is 0 Å². The SMILES string of the molecule is COc1ccc(Cl)cc1NC(=S)NC(C)c1ccccc1. The summed E-state index contributed by atoms with van der Waals surface area (Å²) in [6, 6.07) is 15.6. The van der Waals surface area contributed by atoms with Crippen LogP contribution in [0.2, 0.25) is 5.02 Å². The first-order valence-electron chi connectivity index (χ1n) is 6.56. The van der Waals surface area contributed by atoms with E-state index in [1.165, 1.54) is 5.56 Å². The third-order valence-corrected chi connectivity index (χ3v) is 3.51. The number of rotatable bonds is 4. The number of nitrogens with one attached hydrogen (secondary N) is 2. The highest BCUT2D eigenvalue weighted by Gasteiger charge is 2.09. The van der Waals surface area contributed by atoms with Gasteiger partial charge in [-0.2, -0.15) is 0 Å². The fraction of sp³-hybridized carbons (Fsp3) is 0.188. The van der Waals surface area contributed by atoms with Crippen LogP contribution in [0.5, 0.6) is 5.75 Å². The molecule has 0 fully saturated rings. The van der Waals surface area contributed by atoms with E-state index in [1.807, 2.05) is 18.2 Å². The number of hydrogen-bond donors (Lipinski definition) is 2. The third kappa shape index (κ3) is 4.34. The highest BCUT2D eigenvalue weighted by molar-refractivity contribution is 7.80. The molecule has 110 valence electrons. The maximum absolute atomic E-state index is 6.00. The lowest BCUT2D eigenvalue weighted by Crippen LogP contribution is -2.31. The van der Waals surface area contributed by atoms with Crippen molar-refractivity contribution in [2.75, 3.05) is 12.4 Å². The monoisotopic (exact) mass is 320 g/mol. The normalized spacial score (nSPS) is 11.6. The zero-order valence-corrected chi connectivity index (χ0v) is 13.5. The molecule has 0 aliphatic rings. The van der Waals surface area contributed by atoms with Gasteiger partial charge in [0.2, 0.25) is 0 Å². The summed E-state index contributed by atoms with van der Waals surface area (Å²) in [7, 11) is 1.61. The molecular weight excluding hydrogens is 304 g/mol. The summed E-state index contributed by atoms with van der Waals surface area (Å²) < 4.78 is 5.28. The van der Waals surface area contributed by atoms with Gasteiger partial charge in [-0.3, -0.25) is 0 Å². The number of halogens is 1. The molecule has 0 amide bonds. The van der Waals surface area contributed by atoms with Gasteiger partial charge in [-0.25, -0.2) is 0 Å². The molecule has 2 N–H and O–H groups in total. The summed E-state index contributed by atoms with van der Waals surface area (Å²) >= 11 is 11.3. The first kappa shape index (κ1) is 15.6. The van der Waals surface area contributed by atoms with Gasteiger partial charge in [0.15, 0.2) is 5.11 Å². The van der Waals surface area contributed by atoms with Gasteiger partial charge in [-0.05, 0) is 42.9 Å². The molecule has 21 heavy (non-hydrogen) atoms. The summed E-state index contributed by atoms with van der Waals surface area (Å²) in [5, 5.41) is 7.49. The Labute approximate surface area is 135 Å². The average molecular weight is 321 g/mol. The van der Waals surface area contributed by atoms with Crippen LogP contribution in [0.4, 0.5) is 5.69 Å². The Morgan fingerprint density at radius 3 is 2.57 bits per heavy atom. The lowest BCUT2D eigenvalue weighted by molar-refractivity contribution is 0.417. The summed E-state index contributed by atoms with van der Waals surface area (Å²) in [5.74, 6) is 0.691. The van der Waals surface area contributed by atoms with Crippen LogP contribution in [-0.2, 0) is 0 Å². The van der Waals surface area contributed by atoms with Gasteiger partial charge >= 0.3 is 0 Å². The number of benzene rings is 2. The number of methoxy groups -OCH3 is 1. The van der Waals surface area contributed by atoms with Crippen molar-refractivity contribution in [1.82, 2.24) is 5.32 Å². The lowest BCUT2D eigenvalue weighted by atomic mass is 10.1. The second-order valence-corrected chi connectivity index (χ2v) is 5.42. The molecule has 0 aliphatic carbocycles. The Kier molecular flexibility index (Phi) is 5.42. The molecule has 0 aromatic heterocycles. The van der Waals surface area contributed by atoms with Crippen molar-refractivity contribution in [1.29, 1.82) is 0 Å². The standard InChI is InChI=1S/C16H17ClN2OS/c1-11(12-6-4-3-5-7-12)18-16(21)19-14-10-13(17)8-9-15(14)20-2/h3-11H,1-2H3,(H2,18,19,21). The van der Waals surface area contributed by atoms with Crippen molar-refractivity contribution in [2.45, 2.75) is 13.0 Å². The van der Waals surface area contributed by atoms with E-state index in [1.54, 1.807) is 25.3 Å². The number of anilines is 1. The Morgan fingerprint density at radius 1 is 1.19 bits per heavy atom. The van der Waals surface area contributed by atoms with E-state index in [4.69, 9.17) is 28.6 Å². The Bertz CT molecular complexity index is 619. The lowest BCUT2D eigenvalue weighted by Gasteiger charge is -2.18. The molecular formula is C16H17ClN2OS. The van der Waals surface area contributed by atoms with E-state index in [0.717, 1.165) is 5.69 Å². The van der Waals surface area contributed by atoms with Crippen molar-refractivity contribution in [3.05, 3.63) is 59.1 Å². The molecule has 0 heterocycles. The summed E-state index contributed by atoms with van der Waals surface area (Å²) in [6.07, 6.45) is 0. The molecule has 3 nitrogen and oxygen atoms in total. The Balaban J connectivity index is 2.04. The van der Waals surface area contributed by atoms with E-state index < -0.39 is 0 Å². The van der Waals surface area contributed by atoms with Gasteiger partial charge in [-0.15, -0.1) is 0 Å². The van der Waals surface area contributed by atoms with Gasteiger partial charge in [0.05, 0.1) is 18.8 Å². The molecule has 0 saturated carbocycles. The first-order valence-corrected chi connectivity index (χ1v) is 7.35. The second kappa shape index (κ2) is 7.29. The Morgan fingerprint density at radius 2 is 1.90 bits per heavy atom. The molecule has 0 aliphatic heterocycles. The largest absolute Gasteiger partial charge is 0.495 e. The molecule has 1 unspecified atom stereocenters. The van der Waals surface area contributed by atoms with E-state index in [2.05, 4.69) is 29.7 Å². The fourth-order valence-electron chi connectivity index (χ4n) is 1.96. The quantitative estimate of drug-likeness (QED) is 0.818. The van der Waals surface area contributed by atoms with Crippen molar-refractivity contribution in [3.63, 3.8) is 0 Å². The first-order chi connectivity index (χ1) is 10.1. The smallest absolute Gasteiger partial charge is 0.171 e. The van der Waals surface area contributed by atoms with Crippen molar-refractivity contribution < 1.29 is 4.74 Å². The number of hydrogen-bond acceptors (Lipinski definition) is 2. The maximum Gasteiger partial charge on any atom is 0.171 e. The predicted molar refractivity (Wildman–Crippen MR) is 92.2 cm³/mol. The van der Waals surface area contributed by atoms with Crippen LogP contribution in [-0.4, -0.2) is 12.2 Å². The summed E-state index contributed by atoms with van der Waals surface area (Å²) in [4.78, 5) is 0. The molecule has 2 aromatic rings. The highest BCUT2D eigenvalue weighted by Crippen LogP contribution is 2.27. The van der Waals surface area contributed by atoms with Crippen LogP contribution in [0.3, 0.4) is 0 Å². The Hall–Kier alpha value is -1.78. The van der Waals surface area contributed by atoms with Crippen LogP contribution in [0.25, 0.3) is 0 Å². The average Bonchev–Trinajstić information content (AvgIpc) is 2.48. The molecule has 5 heteroatoms. The summed E-state index contributed by atoms with van der Waals surface area (Å²) in [5.41, 5.74) is 1.91. The molecule has 0 spiro atoms. The topological polar surface area (TPSA) is 33.3 Å². The van der Waals surface area contributed by atoms with E-state index in [9.17, 15) is 0 Å². The van der Waals surface area contributed by atoms with Gasteiger partial charge in [0.25, 0.3) is 0 Å². The van der Waals surface area contributed by atoms with Gasteiger partial charge in [0, 0.05) is 5.02 Å². The minimum atomic E-state index is 0.108. The fourth-order valence-corrected chi connectivity index (χ4v) is 2.42. The number of thiocarbonyl (C=S) groups is 1. The second-order valence-electron chi connectivity index (χ2n) is 4.58. The molecule has 0 bridgehead atoms. The van der Waals surface area contributed by atoms with Gasteiger partial charge < -0.3 is 15.4 Å².